The molecule has 1 aliphatic carbocycles. The first-order chi connectivity index (χ1) is 11.8. The standard InChI is InChI=1S/C15H18N8O/c1-21(8-14-18-16-9-24-14)11-6-22(7-11)13-5-4-12-17-19-15(10-2-3-10)23(12)20-13/h4-5,9-11H,2-3,6-8H2,1H3. The molecule has 0 aromatic carbocycles. The molecule has 5 rings (SSSR count). The largest absolute Gasteiger partial charge is 0.427 e. The van der Waals surface area contributed by atoms with Crippen LogP contribution in [0.1, 0.15) is 30.5 Å². The second kappa shape index (κ2) is 5.23. The van der Waals surface area contributed by atoms with E-state index >= 15 is 0 Å². The van der Waals surface area contributed by atoms with Crippen LogP contribution in [0.5, 0.6) is 0 Å². The molecular formula is C15H18N8O. The molecule has 3 aromatic heterocycles. The van der Waals surface area contributed by atoms with Crippen LogP contribution in [0, 0.1) is 0 Å². The summed E-state index contributed by atoms with van der Waals surface area (Å²) < 4.78 is 7.11. The van der Waals surface area contributed by atoms with Gasteiger partial charge in [-0.2, -0.15) is 4.52 Å². The molecule has 9 nitrogen and oxygen atoms in total. The van der Waals surface area contributed by atoms with Gasteiger partial charge in [-0.3, -0.25) is 4.90 Å². The van der Waals surface area contributed by atoms with Gasteiger partial charge >= 0.3 is 0 Å². The zero-order valence-electron chi connectivity index (χ0n) is 13.4. The average molecular weight is 326 g/mol. The molecule has 0 bridgehead atoms. The van der Waals surface area contributed by atoms with Crippen molar-refractivity contribution in [2.24, 2.45) is 0 Å². The lowest BCUT2D eigenvalue weighted by molar-refractivity contribution is 0.180. The molecule has 2 aliphatic rings. The Labute approximate surface area is 138 Å². The number of hydrogen-bond acceptors (Lipinski definition) is 8. The molecule has 0 N–H and O–H groups in total. The van der Waals surface area contributed by atoms with E-state index in [1.54, 1.807) is 0 Å². The van der Waals surface area contributed by atoms with Gasteiger partial charge in [-0.05, 0) is 32.0 Å². The summed E-state index contributed by atoms with van der Waals surface area (Å²) in [5.41, 5.74) is 0.825. The van der Waals surface area contributed by atoms with Crippen molar-refractivity contribution in [2.75, 3.05) is 25.0 Å². The van der Waals surface area contributed by atoms with Crippen LogP contribution in [0.2, 0.25) is 0 Å². The van der Waals surface area contributed by atoms with Crippen molar-refractivity contribution in [1.29, 1.82) is 0 Å². The lowest BCUT2D eigenvalue weighted by Crippen LogP contribution is -2.58. The Bertz CT molecular complexity index is 850. The number of aromatic nitrogens is 6. The van der Waals surface area contributed by atoms with E-state index < -0.39 is 0 Å². The van der Waals surface area contributed by atoms with E-state index in [1.165, 1.54) is 19.2 Å². The Morgan fingerprint density at radius 2 is 2.08 bits per heavy atom. The van der Waals surface area contributed by atoms with Gasteiger partial charge in [-0.1, -0.05) is 0 Å². The van der Waals surface area contributed by atoms with Gasteiger partial charge in [0.25, 0.3) is 0 Å². The van der Waals surface area contributed by atoms with Gasteiger partial charge < -0.3 is 9.32 Å². The van der Waals surface area contributed by atoms with Crippen LogP contribution < -0.4 is 4.90 Å². The molecule has 0 spiro atoms. The second-order valence-corrected chi connectivity index (χ2v) is 6.60. The normalized spacial score (nSPS) is 18.5. The first-order valence-electron chi connectivity index (χ1n) is 8.20. The Balaban J connectivity index is 1.28. The second-order valence-electron chi connectivity index (χ2n) is 6.60. The Kier molecular flexibility index (Phi) is 3.02. The minimum Gasteiger partial charge on any atom is -0.427 e. The highest BCUT2D eigenvalue weighted by molar-refractivity contribution is 5.48. The fraction of sp³-hybridized carbons (Fsp3) is 0.533. The minimum atomic E-state index is 0.457. The summed E-state index contributed by atoms with van der Waals surface area (Å²) in [6, 6.07) is 4.48. The summed E-state index contributed by atoms with van der Waals surface area (Å²) >= 11 is 0. The molecule has 24 heavy (non-hydrogen) atoms. The first kappa shape index (κ1) is 13.8. The van der Waals surface area contributed by atoms with Crippen LogP contribution in [0.3, 0.4) is 0 Å². The van der Waals surface area contributed by atoms with Crippen LogP contribution in [0.4, 0.5) is 5.82 Å². The van der Waals surface area contributed by atoms with Crippen molar-refractivity contribution >= 4 is 11.5 Å². The monoisotopic (exact) mass is 326 g/mol. The van der Waals surface area contributed by atoms with Crippen LogP contribution in [-0.4, -0.2) is 61.1 Å². The van der Waals surface area contributed by atoms with Crippen LogP contribution in [0.25, 0.3) is 5.65 Å². The molecule has 1 saturated carbocycles. The molecule has 2 fully saturated rings. The third-order valence-electron chi connectivity index (χ3n) is 4.81. The molecule has 0 unspecified atom stereocenters. The lowest BCUT2D eigenvalue weighted by Gasteiger charge is -2.44. The smallest absolute Gasteiger partial charge is 0.230 e. The SMILES string of the molecule is CN(Cc1nnco1)C1CN(c2ccc3nnc(C4CC4)n3n2)C1. The van der Waals surface area contributed by atoms with Crippen LogP contribution in [-0.2, 0) is 6.54 Å². The molecule has 9 heteroatoms. The average Bonchev–Trinajstić information content (AvgIpc) is 3.08. The van der Waals surface area contributed by atoms with Gasteiger partial charge in [0.1, 0.15) is 5.82 Å². The van der Waals surface area contributed by atoms with Crippen molar-refractivity contribution in [3.8, 4) is 0 Å². The molecule has 124 valence electrons. The van der Waals surface area contributed by atoms with Crippen LogP contribution >= 0.6 is 0 Å². The molecule has 0 amide bonds. The quantitative estimate of drug-likeness (QED) is 0.677. The Hall–Kier alpha value is -2.55. The maximum absolute atomic E-state index is 5.21. The zero-order chi connectivity index (χ0) is 16.1. The van der Waals surface area contributed by atoms with E-state index in [4.69, 9.17) is 9.52 Å². The van der Waals surface area contributed by atoms with Gasteiger partial charge in [0.05, 0.1) is 6.54 Å². The molecule has 3 aromatic rings. The third kappa shape index (κ3) is 2.32. The molecule has 4 heterocycles. The summed E-state index contributed by atoms with van der Waals surface area (Å²) in [5.74, 6) is 3.16. The summed E-state index contributed by atoms with van der Waals surface area (Å²) in [7, 11) is 2.08. The highest BCUT2D eigenvalue weighted by atomic mass is 16.4. The topological polar surface area (TPSA) is 88.5 Å². The van der Waals surface area contributed by atoms with E-state index in [9.17, 15) is 0 Å². The summed E-state index contributed by atoms with van der Waals surface area (Å²) in [5, 5.41) is 20.9. The van der Waals surface area contributed by atoms with Crippen LogP contribution in [0.15, 0.2) is 22.9 Å². The Morgan fingerprint density at radius 3 is 2.83 bits per heavy atom. The van der Waals surface area contributed by atoms with Gasteiger partial charge in [0, 0.05) is 25.0 Å². The van der Waals surface area contributed by atoms with Crippen molar-refractivity contribution in [3.05, 3.63) is 30.2 Å². The number of hydrogen-bond donors (Lipinski definition) is 0. The maximum atomic E-state index is 5.21. The zero-order valence-corrected chi connectivity index (χ0v) is 13.4. The Morgan fingerprint density at radius 1 is 1.21 bits per heavy atom. The van der Waals surface area contributed by atoms with E-state index in [0.717, 1.165) is 30.4 Å². The molecule has 0 atom stereocenters. The molecule has 0 radical (unpaired) electrons. The van der Waals surface area contributed by atoms with E-state index in [2.05, 4.69) is 37.2 Å². The number of rotatable bonds is 5. The van der Waals surface area contributed by atoms with Gasteiger partial charge in [-0.25, -0.2) is 0 Å². The summed E-state index contributed by atoms with van der Waals surface area (Å²) in [4.78, 5) is 4.50. The number of nitrogens with zero attached hydrogens (tertiary/aromatic N) is 8. The van der Waals surface area contributed by atoms with Gasteiger partial charge in [0.15, 0.2) is 11.5 Å². The molecule has 1 aliphatic heterocycles. The highest BCUT2D eigenvalue weighted by Gasteiger charge is 2.33. The van der Waals surface area contributed by atoms with E-state index in [-0.39, 0.29) is 0 Å². The number of fused-ring (bicyclic) bond motifs is 1. The lowest BCUT2D eigenvalue weighted by atomic mass is 10.1. The third-order valence-corrected chi connectivity index (χ3v) is 4.81. The molecule has 1 saturated heterocycles. The molecular weight excluding hydrogens is 308 g/mol. The highest BCUT2D eigenvalue weighted by Crippen LogP contribution is 2.38. The van der Waals surface area contributed by atoms with Gasteiger partial charge in [-0.15, -0.1) is 25.5 Å². The predicted molar refractivity (Wildman–Crippen MR) is 84.5 cm³/mol. The van der Waals surface area contributed by atoms with Crippen molar-refractivity contribution in [1.82, 2.24) is 34.9 Å². The van der Waals surface area contributed by atoms with Gasteiger partial charge in [0.2, 0.25) is 12.3 Å². The maximum Gasteiger partial charge on any atom is 0.230 e. The fourth-order valence-electron chi connectivity index (χ4n) is 3.09. The van der Waals surface area contributed by atoms with Crippen molar-refractivity contribution in [2.45, 2.75) is 31.3 Å². The first-order valence-corrected chi connectivity index (χ1v) is 8.20. The summed E-state index contributed by atoms with van der Waals surface area (Å²) in [6.07, 6.45) is 3.75. The van der Waals surface area contributed by atoms with E-state index in [0.29, 0.717) is 24.4 Å². The number of anilines is 1. The predicted octanol–water partition coefficient (Wildman–Crippen LogP) is 0.705. The summed E-state index contributed by atoms with van der Waals surface area (Å²) in [6.45, 7) is 2.54. The van der Waals surface area contributed by atoms with Crippen molar-refractivity contribution < 1.29 is 4.42 Å². The number of likely N-dealkylation sites (N-methyl/N-ethyl adjacent to an activating group) is 1. The van der Waals surface area contributed by atoms with E-state index in [1.807, 2.05) is 16.6 Å². The minimum absolute atomic E-state index is 0.457. The fourth-order valence-corrected chi connectivity index (χ4v) is 3.09. The van der Waals surface area contributed by atoms with Crippen molar-refractivity contribution in [3.63, 3.8) is 0 Å².